The average Bonchev–Trinajstić information content (AvgIpc) is 2.69. The molecule has 1 aromatic rings. The molecule has 0 heterocycles. The molecule has 0 fully saturated rings. The molecule has 0 amide bonds. The minimum absolute atomic E-state index is 0.173. The highest BCUT2D eigenvalue weighted by atomic mass is 15.1. The van der Waals surface area contributed by atoms with Crippen LogP contribution in [-0.4, -0.2) is 19.8 Å². The van der Waals surface area contributed by atoms with Crippen molar-refractivity contribution in [3.05, 3.63) is 46.0 Å². The molecule has 0 aliphatic heterocycles. The summed E-state index contributed by atoms with van der Waals surface area (Å²) >= 11 is 0. The Kier molecular flexibility index (Phi) is 4.81. The first-order valence-corrected chi connectivity index (χ1v) is 8.76. The zero-order chi connectivity index (χ0) is 18.4. The first kappa shape index (κ1) is 18.5. The number of benzene rings is 1. The van der Waals surface area contributed by atoms with E-state index in [4.69, 9.17) is 5.41 Å². The highest BCUT2D eigenvalue weighted by molar-refractivity contribution is 6.07. The molecule has 2 nitrogen and oxygen atoms in total. The fourth-order valence-electron chi connectivity index (χ4n) is 3.46. The van der Waals surface area contributed by atoms with Crippen molar-refractivity contribution in [2.75, 3.05) is 19.0 Å². The van der Waals surface area contributed by atoms with E-state index in [9.17, 15) is 0 Å². The second-order valence-electron chi connectivity index (χ2n) is 8.32. The van der Waals surface area contributed by atoms with Gasteiger partial charge in [0.2, 0.25) is 0 Å². The van der Waals surface area contributed by atoms with E-state index >= 15 is 0 Å². The van der Waals surface area contributed by atoms with Gasteiger partial charge in [-0.2, -0.15) is 0 Å². The van der Waals surface area contributed by atoms with Gasteiger partial charge < -0.3 is 10.3 Å². The van der Waals surface area contributed by atoms with Crippen molar-refractivity contribution in [3.8, 4) is 0 Å². The van der Waals surface area contributed by atoms with Crippen LogP contribution in [0.1, 0.15) is 59.6 Å². The van der Waals surface area contributed by atoms with Crippen molar-refractivity contribution in [1.29, 1.82) is 5.41 Å². The van der Waals surface area contributed by atoms with Crippen LogP contribution in [0.25, 0.3) is 5.57 Å². The Labute approximate surface area is 147 Å². The molecule has 1 unspecified atom stereocenters. The van der Waals surface area contributed by atoms with Crippen molar-refractivity contribution < 1.29 is 0 Å². The monoisotopic (exact) mass is 324 g/mol. The van der Waals surface area contributed by atoms with E-state index in [-0.39, 0.29) is 5.41 Å². The third-order valence-corrected chi connectivity index (χ3v) is 5.47. The Morgan fingerprint density at radius 3 is 2.04 bits per heavy atom. The second-order valence-corrected chi connectivity index (χ2v) is 8.32. The quantitative estimate of drug-likeness (QED) is 0.686. The Morgan fingerprint density at radius 1 is 1.04 bits per heavy atom. The molecule has 0 aromatic heterocycles. The van der Waals surface area contributed by atoms with Gasteiger partial charge in [-0.15, -0.1) is 0 Å². The molecule has 2 heteroatoms. The zero-order valence-electron chi connectivity index (χ0n) is 16.8. The Hall–Kier alpha value is -1.83. The molecule has 1 atom stereocenters. The Balaban J connectivity index is 2.70. The number of nitrogens with zero attached hydrogens (tertiary/aromatic N) is 1. The summed E-state index contributed by atoms with van der Waals surface area (Å²) < 4.78 is 0. The van der Waals surface area contributed by atoms with Crippen LogP contribution in [0.15, 0.2) is 34.9 Å². The van der Waals surface area contributed by atoms with Gasteiger partial charge in [-0.3, -0.25) is 0 Å². The fourth-order valence-corrected chi connectivity index (χ4v) is 3.46. The van der Waals surface area contributed by atoms with Crippen LogP contribution in [0.4, 0.5) is 5.69 Å². The van der Waals surface area contributed by atoms with Crippen LogP contribution in [0.3, 0.4) is 0 Å². The molecule has 1 aliphatic carbocycles. The summed E-state index contributed by atoms with van der Waals surface area (Å²) in [6.45, 7) is 15.3. The lowest BCUT2D eigenvalue weighted by atomic mass is 9.80. The van der Waals surface area contributed by atoms with Gasteiger partial charge in [0.15, 0.2) is 0 Å². The summed E-state index contributed by atoms with van der Waals surface area (Å²) in [6.07, 6.45) is 0. The molecule has 0 saturated carbocycles. The minimum atomic E-state index is -0.173. The van der Waals surface area contributed by atoms with Gasteiger partial charge in [0.25, 0.3) is 0 Å². The molecule has 0 radical (unpaired) electrons. The first-order valence-electron chi connectivity index (χ1n) is 8.76. The molecule has 24 heavy (non-hydrogen) atoms. The molecule has 2 rings (SSSR count). The van der Waals surface area contributed by atoms with E-state index < -0.39 is 0 Å². The maximum atomic E-state index is 8.80. The molecular formula is C22H32N2. The number of hydrogen-bond donors (Lipinski definition) is 1. The van der Waals surface area contributed by atoms with Crippen molar-refractivity contribution in [2.24, 2.45) is 11.3 Å². The van der Waals surface area contributed by atoms with E-state index in [0.717, 1.165) is 11.3 Å². The van der Waals surface area contributed by atoms with Crippen molar-refractivity contribution >= 4 is 17.0 Å². The van der Waals surface area contributed by atoms with Gasteiger partial charge in [0.1, 0.15) is 0 Å². The van der Waals surface area contributed by atoms with Gasteiger partial charge in [-0.05, 0) is 55.2 Å². The lowest BCUT2D eigenvalue weighted by molar-refractivity contribution is 0.588. The molecule has 0 saturated heterocycles. The summed E-state index contributed by atoms with van der Waals surface area (Å²) in [5.74, 6) is 0.418. The van der Waals surface area contributed by atoms with E-state index in [1.165, 1.54) is 27.9 Å². The molecule has 130 valence electrons. The SMILES string of the molecule is CC1=C(C)C(C)C(c2ccc(N(C)C)cc2C(=N)C(C)(C)C)=C1C. The summed E-state index contributed by atoms with van der Waals surface area (Å²) in [5, 5.41) is 8.80. The first-order chi connectivity index (χ1) is 11.0. The van der Waals surface area contributed by atoms with E-state index in [1.54, 1.807) is 0 Å². The molecular weight excluding hydrogens is 292 g/mol. The number of hydrogen-bond acceptors (Lipinski definition) is 2. The highest BCUT2D eigenvalue weighted by Crippen LogP contribution is 2.44. The van der Waals surface area contributed by atoms with Crippen LogP contribution in [0.2, 0.25) is 0 Å². The van der Waals surface area contributed by atoms with Crippen LogP contribution >= 0.6 is 0 Å². The Bertz CT molecular complexity index is 740. The fraction of sp³-hybridized carbons (Fsp3) is 0.500. The molecule has 0 bridgehead atoms. The predicted molar refractivity (Wildman–Crippen MR) is 107 cm³/mol. The van der Waals surface area contributed by atoms with Gasteiger partial charge >= 0.3 is 0 Å². The number of allylic oxidation sites excluding steroid dienone is 4. The van der Waals surface area contributed by atoms with Crippen molar-refractivity contribution in [2.45, 2.75) is 48.5 Å². The smallest absolute Gasteiger partial charge is 0.0446 e. The van der Waals surface area contributed by atoms with Crippen LogP contribution in [0.5, 0.6) is 0 Å². The van der Waals surface area contributed by atoms with Crippen LogP contribution in [0, 0.1) is 16.7 Å². The summed E-state index contributed by atoms with van der Waals surface area (Å²) in [4.78, 5) is 2.11. The van der Waals surface area contributed by atoms with Gasteiger partial charge in [0, 0.05) is 42.4 Å². The summed E-state index contributed by atoms with van der Waals surface area (Å²) in [6, 6.07) is 6.57. The lowest BCUT2D eigenvalue weighted by Gasteiger charge is -2.26. The largest absolute Gasteiger partial charge is 0.378 e. The van der Waals surface area contributed by atoms with Crippen molar-refractivity contribution in [3.63, 3.8) is 0 Å². The molecule has 1 aromatic carbocycles. The lowest BCUT2D eigenvalue weighted by Crippen LogP contribution is -2.22. The number of anilines is 1. The zero-order valence-corrected chi connectivity index (χ0v) is 16.8. The van der Waals surface area contributed by atoms with Gasteiger partial charge in [-0.25, -0.2) is 0 Å². The molecule has 1 N–H and O–H groups in total. The maximum Gasteiger partial charge on any atom is 0.0446 e. The van der Waals surface area contributed by atoms with E-state index in [1.807, 2.05) is 0 Å². The van der Waals surface area contributed by atoms with Gasteiger partial charge in [-0.1, -0.05) is 39.3 Å². The molecule has 1 aliphatic rings. The number of nitrogens with one attached hydrogen (secondary N) is 1. The topological polar surface area (TPSA) is 27.1 Å². The summed E-state index contributed by atoms with van der Waals surface area (Å²) in [5.41, 5.74) is 9.59. The van der Waals surface area contributed by atoms with Crippen LogP contribution in [-0.2, 0) is 0 Å². The summed E-state index contributed by atoms with van der Waals surface area (Å²) in [7, 11) is 4.11. The standard InChI is InChI=1S/C22H32N2/c1-13-14(2)16(4)20(15(13)3)18-11-10-17(24(8)9)12-19(18)21(23)22(5,6)7/h10-12,15,23H,1-9H3. The van der Waals surface area contributed by atoms with Gasteiger partial charge in [0.05, 0.1) is 0 Å². The minimum Gasteiger partial charge on any atom is -0.378 e. The third kappa shape index (κ3) is 3.07. The van der Waals surface area contributed by atoms with Crippen LogP contribution < -0.4 is 4.90 Å². The maximum absolute atomic E-state index is 8.80. The van der Waals surface area contributed by atoms with E-state index in [0.29, 0.717) is 11.6 Å². The number of rotatable bonds is 3. The normalized spacial score (nSPS) is 18.5. The predicted octanol–water partition coefficient (Wildman–Crippen LogP) is 5.93. The third-order valence-electron chi connectivity index (χ3n) is 5.47. The second kappa shape index (κ2) is 6.23. The van der Waals surface area contributed by atoms with E-state index in [2.05, 4.69) is 85.7 Å². The van der Waals surface area contributed by atoms with Crippen molar-refractivity contribution in [1.82, 2.24) is 0 Å². The highest BCUT2D eigenvalue weighted by Gasteiger charge is 2.29. The molecule has 0 spiro atoms. The average molecular weight is 325 g/mol. The Morgan fingerprint density at radius 2 is 1.62 bits per heavy atom.